The molecule has 0 amide bonds. The number of alkyl halides is 3. The Labute approximate surface area is 133 Å². The number of fused-ring (bicyclic) bond motifs is 1. The molecule has 1 aliphatic rings. The number of allylic oxidation sites excluding steroid dienone is 1. The molecular weight excluding hydrogens is 333 g/mol. The molecule has 0 saturated heterocycles. The second-order valence-corrected chi connectivity index (χ2v) is 6.14. The van der Waals surface area contributed by atoms with Crippen molar-refractivity contribution in [3.8, 4) is 0 Å². The van der Waals surface area contributed by atoms with Crippen LogP contribution in [0.4, 0.5) is 13.2 Å². The Morgan fingerprint density at radius 3 is 2.61 bits per heavy atom. The third kappa shape index (κ3) is 3.93. The van der Waals surface area contributed by atoms with E-state index in [0.717, 1.165) is 0 Å². The van der Waals surface area contributed by atoms with Gasteiger partial charge in [-0.1, -0.05) is 0 Å². The molecule has 1 atom stereocenters. The molecule has 126 valence electrons. The summed E-state index contributed by atoms with van der Waals surface area (Å²) in [5, 5.41) is 0. The van der Waals surface area contributed by atoms with Crippen molar-refractivity contribution < 1.29 is 31.1 Å². The minimum absolute atomic E-state index is 0.0762. The first kappa shape index (κ1) is 17.5. The maximum absolute atomic E-state index is 12.5. The van der Waals surface area contributed by atoms with E-state index in [-0.39, 0.29) is 5.76 Å². The first-order valence-corrected chi connectivity index (χ1v) is 7.91. The molecule has 2 rings (SSSR count). The molecule has 1 unspecified atom stereocenters. The van der Waals surface area contributed by atoms with E-state index in [2.05, 4.69) is 4.18 Å². The van der Waals surface area contributed by atoms with Crippen LogP contribution in [0.2, 0.25) is 0 Å². The number of aryl methyl sites for hydroxylation is 2. The number of benzene rings is 1. The molecule has 0 bridgehead atoms. The average molecular weight is 348 g/mol. The van der Waals surface area contributed by atoms with Crippen molar-refractivity contribution in [1.29, 1.82) is 0 Å². The van der Waals surface area contributed by atoms with Crippen LogP contribution in [0, 0.1) is 6.92 Å². The summed E-state index contributed by atoms with van der Waals surface area (Å²) in [4.78, 5) is 11.7. The topological polar surface area (TPSA) is 52.6 Å². The third-order valence-electron chi connectivity index (χ3n) is 3.46. The van der Waals surface area contributed by atoms with Gasteiger partial charge in [0.2, 0.25) is 0 Å². The molecule has 0 aromatic heterocycles. The fraction of sp³-hybridized carbons (Fsp3) is 0.400. The monoisotopic (exact) mass is 348 g/mol. The molecular formula is C15H15F3O4S. The van der Waals surface area contributed by atoms with Crippen LogP contribution >= 0.6 is 0 Å². The highest BCUT2D eigenvalue weighted by molar-refractivity contribution is 7.81. The number of hydrogen-bond donors (Lipinski definition) is 0. The minimum Gasteiger partial charge on any atom is -0.465 e. The van der Waals surface area contributed by atoms with Crippen LogP contribution in [-0.4, -0.2) is 22.8 Å². The molecule has 23 heavy (non-hydrogen) atoms. The molecule has 0 heterocycles. The summed E-state index contributed by atoms with van der Waals surface area (Å²) in [6, 6.07) is 3.15. The first-order valence-electron chi connectivity index (χ1n) is 6.83. The Bertz CT molecular complexity index is 680. The lowest BCUT2D eigenvalue weighted by atomic mass is 9.96. The number of esters is 1. The Morgan fingerprint density at radius 1 is 1.30 bits per heavy atom. The number of methoxy groups -OCH3 is 1. The van der Waals surface area contributed by atoms with Gasteiger partial charge >= 0.3 is 22.6 Å². The molecule has 0 saturated carbocycles. The van der Waals surface area contributed by atoms with Crippen LogP contribution in [0.15, 0.2) is 18.2 Å². The maximum atomic E-state index is 12.5. The summed E-state index contributed by atoms with van der Waals surface area (Å²) in [6.45, 7) is 1.65. The van der Waals surface area contributed by atoms with Crippen LogP contribution in [0.5, 0.6) is 0 Å². The van der Waals surface area contributed by atoms with Crippen molar-refractivity contribution >= 4 is 22.8 Å². The van der Waals surface area contributed by atoms with Gasteiger partial charge in [-0.3, -0.25) is 0 Å². The molecule has 0 aliphatic heterocycles. The van der Waals surface area contributed by atoms with Gasteiger partial charge in [0, 0.05) is 5.56 Å². The van der Waals surface area contributed by atoms with Gasteiger partial charge in [0.1, 0.15) is 5.76 Å². The highest BCUT2D eigenvalue weighted by Gasteiger charge is 2.40. The number of halogens is 3. The van der Waals surface area contributed by atoms with Gasteiger partial charge in [-0.25, -0.2) is 9.00 Å². The number of ether oxygens (including phenoxy) is 1. The second-order valence-electron chi connectivity index (χ2n) is 5.04. The fourth-order valence-electron chi connectivity index (χ4n) is 2.36. The summed E-state index contributed by atoms with van der Waals surface area (Å²) in [7, 11) is 1.26. The third-order valence-corrected chi connectivity index (χ3v) is 4.16. The van der Waals surface area contributed by atoms with Crippen LogP contribution in [0.1, 0.15) is 39.9 Å². The van der Waals surface area contributed by atoms with Crippen molar-refractivity contribution in [2.75, 3.05) is 7.11 Å². The minimum atomic E-state index is -4.95. The lowest BCUT2D eigenvalue weighted by Crippen LogP contribution is -2.18. The van der Waals surface area contributed by atoms with Gasteiger partial charge in [-0.05, 0) is 55.5 Å². The smallest absolute Gasteiger partial charge is 0.465 e. The van der Waals surface area contributed by atoms with Crippen LogP contribution < -0.4 is 0 Å². The van der Waals surface area contributed by atoms with E-state index in [1.54, 1.807) is 19.1 Å². The van der Waals surface area contributed by atoms with Crippen LogP contribution in [0.3, 0.4) is 0 Å². The molecule has 4 nitrogen and oxygen atoms in total. The molecule has 0 radical (unpaired) electrons. The number of rotatable bonds is 3. The lowest BCUT2D eigenvalue weighted by Gasteiger charge is -2.15. The summed E-state index contributed by atoms with van der Waals surface area (Å²) >= 11 is -3.43. The summed E-state index contributed by atoms with van der Waals surface area (Å²) in [5.41, 5.74) is -2.97. The van der Waals surface area contributed by atoms with Gasteiger partial charge in [0.25, 0.3) is 0 Å². The zero-order chi connectivity index (χ0) is 17.2. The van der Waals surface area contributed by atoms with E-state index in [4.69, 9.17) is 4.74 Å². The molecule has 1 aliphatic carbocycles. The maximum Gasteiger partial charge on any atom is 0.508 e. The standard InChI is InChI=1S/C15H15F3O4S/c1-9-7-12-10(8-11(9)14(19)21-2)5-3-4-6-13(12)22-23(20)15(16,17)18/h6-8H,3-5H2,1-2H3. The van der Waals surface area contributed by atoms with E-state index in [9.17, 15) is 22.2 Å². The number of carbonyl (C=O) groups is 1. The predicted octanol–water partition coefficient (Wildman–Crippen LogP) is 3.66. The quantitative estimate of drug-likeness (QED) is 0.783. The Hall–Kier alpha value is -1.83. The number of carbonyl (C=O) groups excluding carboxylic acids is 1. The zero-order valence-corrected chi connectivity index (χ0v) is 13.3. The normalized spacial score (nSPS) is 16.0. The average Bonchev–Trinajstić information content (AvgIpc) is 2.67. The van der Waals surface area contributed by atoms with E-state index in [0.29, 0.717) is 41.5 Å². The van der Waals surface area contributed by atoms with Gasteiger partial charge < -0.3 is 8.92 Å². The van der Waals surface area contributed by atoms with Crippen molar-refractivity contribution in [3.05, 3.63) is 40.5 Å². The SMILES string of the molecule is COC(=O)c1cc2c(cc1C)C(OS(=O)C(F)(F)F)=CCCC2. The van der Waals surface area contributed by atoms with E-state index in [1.165, 1.54) is 13.2 Å². The molecule has 0 N–H and O–H groups in total. The van der Waals surface area contributed by atoms with E-state index < -0.39 is 22.6 Å². The van der Waals surface area contributed by atoms with Crippen LogP contribution in [-0.2, 0) is 26.4 Å². The highest BCUT2D eigenvalue weighted by atomic mass is 32.2. The molecule has 1 aromatic carbocycles. The summed E-state index contributed by atoms with van der Waals surface area (Å²) in [6.07, 6.45) is 3.24. The Morgan fingerprint density at radius 2 is 2.00 bits per heavy atom. The van der Waals surface area contributed by atoms with Gasteiger partial charge in [0.15, 0.2) is 0 Å². The number of hydrogen-bond acceptors (Lipinski definition) is 4. The Balaban J connectivity index is 2.43. The summed E-state index contributed by atoms with van der Waals surface area (Å²) < 4.78 is 57.9. The van der Waals surface area contributed by atoms with E-state index >= 15 is 0 Å². The molecule has 1 aromatic rings. The van der Waals surface area contributed by atoms with Crippen LogP contribution in [0.25, 0.3) is 5.76 Å². The highest BCUT2D eigenvalue weighted by Crippen LogP contribution is 2.32. The lowest BCUT2D eigenvalue weighted by molar-refractivity contribution is -0.0445. The zero-order valence-electron chi connectivity index (χ0n) is 12.5. The van der Waals surface area contributed by atoms with Gasteiger partial charge in [-0.15, -0.1) is 0 Å². The van der Waals surface area contributed by atoms with Crippen molar-refractivity contribution in [1.82, 2.24) is 0 Å². The second kappa shape index (κ2) is 6.74. The van der Waals surface area contributed by atoms with Crippen molar-refractivity contribution in [3.63, 3.8) is 0 Å². The first-order chi connectivity index (χ1) is 10.7. The van der Waals surface area contributed by atoms with Crippen molar-refractivity contribution in [2.24, 2.45) is 0 Å². The molecule has 0 fully saturated rings. The molecule has 0 spiro atoms. The predicted molar refractivity (Wildman–Crippen MR) is 78.7 cm³/mol. The van der Waals surface area contributed by atoms with Gasteiger partial charge in [0.05, 0.1) is 12.7 Å². The van der Waals surface area contributed by atoms with Gasteiger partial charge in [-0.2, -0.15) is 13.2 Å². The molecule has 8 heteroatoms. The summed E-state index contributed by atoms with van der Waals surface area (Å²) in [5.74, 6) is -0.590. The van der Waals surface area contributed by atoms with E-state index in [1.807, 2.05) is 0 Å². The Kier molecular flexibility index (Phi) is 5.13. The largest absolute Gasteiger partial charge is 0.508 e. The van der Waals surface area contributed by atoms with Crippen molar-refractivity contribution in [2.45, 2.75) is 31.7 Å². The fourth-order valence-corrected chi connectivity index (χ4v) is 2.78.